The molecule has 1 N–H and O–H groups in total. The number of aromatic nitrogens is 3. The molecule has 0 atom stereocenters. The second-order valence-electron chi connectivity index (χ2n) is 5.66. The topological polar surface area (TPSA) is 42.2 Å². The first kappa shape index (κ1) is 13.1. The highest BCUT2D eigenvalue weighted by Gasteiger charge is 2.26. The first-order chi connectivity index (χ1) is 9.16. The molecule has 0 spiro atoms. The van der Waals surface area contributed by atoms with Crippen molar-refractivity contribution in [3.05, 3.63) is 28.9 Å². The van der Waals surface area contributed by atoms with Gasteiger partial charge in [-0.05, 0) is 35.7 Å². The van der Waals surface area contributed by atoms with Crippen LogP contribution in [-0.2, 0) is 6.54 Å². The lowest BCUT2D eigenvalue weighted by atomic mass is 9.83. The first-order valence-corrected chi connectivity index (χ1v) is 7.68. The molecule has 0 unspecified atom stereocenters. The Bertz CT molecular complexity index is 572. The van der Waals surface area contributed by atoms with Crippen molar-refractivity contribution in [1.29, 1.82) is 0 Å². The fraction of sp³-hybridized carbons (Fsp3) is 0.571. The van der Waals surface area contributed by atoms with E-state index < -0.39 is 0 Å². The molecular formula is C14H19BrN4. The largest absolute Gasteiger partial charge is 0.306 e. The number of nitrogens with one attached hydrogen (secondary N) is 1. The van der Waals surface area contributed by atoms with E-state index in [1.807, 2.05) is 12.4 Å². The van der Waals surface area contributed by atoms with Crippen LogP contribution in [0.1, 0.15) is 44.7 Å². The van der Waals surface area contributed by atoms with Crippen LogP contribution in [0.2, 0.25) is 0 Å². The van der Waals surface area contributed by atoms with E-state index in [-0.39, 0.29) is 5.54 Å². The Labute approximate surface area is 121 Å². The number of hydrogen-bond donors (Lipinski definition) is 1. The second-order valence-corrected chi connectivity index (χ2v) is 6.48. The molecule has 102 valence electrons. The molecule has 0 saturated heterocycles. The van der Waals surface area contributed by atoms with Crippen LogP contribution in [0, 0.1) is 0 Å². The molecular weight excluding hydrogens is 304 g/mol. The Kier molecular flexibility index (Phi) is 3.58. The Balaban J connectivity index is 1.76. The number of imidazole rings is 1. The van der Waals surface area contributed by atoms with E-state index in [9.17, 15) is 0 Å². The fourth-order valence-electron chi connectivity index (χ4n) is 2.86. The zero-order valence-electron chi connectivity index (χ0n) is 11.2. The molecule has 2 heterocycles. The zero-order chi connectivity index (χ0) is 13.3. The van der Waals surface area contributed by atoms with Gasteiger partial charge in [0.1, 0.15) is 4.60 Å². The van der Waals surface area contributed by atoms with Crippen LogP contribution in [0.4, 0.5) is 0 Å². The van der Waals surface area contributed by atoms with E-state index in [4.69, 9.17) is 0 Å². The molecule has 0 aliphatic heterocycles. The van der Waals surface area contributed by atoms with Gasteiger partial charge in [-0.25, -0.2) is 9.97 Å². The normalized spacial score (nSPS) is 18.8. The summed E-state index contributed by atoms with van der Waals surface area (Å²) < 4.78 is 2.93. The van der Waals surface area contributed by atoms with Gasteiger partial charge in [0, 0.05) is 18.3 Å². The lowest BCUT2D eigenvalue weighted by Crippen LogP contribution is -2.43. The van der Waals surface area contributed by atoms with E-state index in [1.165, 1.54) is 37.8 Å². The lowest BCUT2D eigenvalue weighted by Gasteiger charge is -2.34. The third-order valence-corrected chi connectivity index (χ3v) is 4.50. The molecule has 1 aliphatic rings. The highest BCUT2D eigenvalue weighted by atomic mass is 79.9. The van der Waals surface area contributed by atoms with Crippen molar-refractivity contribution in [3.63, 3.8) is 0 Å². The van der Waals surface area contributed by atoms with Crippen molar-refractivity contribution in [2.24, 2.45) is 0 Å². The summed E-state index contributed by atoms with van der Waals surface area (Å²) in [7, 11) is 0. The lowest BCUT2D eigenvalue weighted by molar-refractivity contribution is 0.251. The molecule has 4 nitrogen and oxygen atoms in total. The third kappa shape index (κ3) is 2.82. The van der Waals surface area contributed by atoms with Crippen LogP contribution in [-0.4, -0.2) is 19.9 Å². The van der Waals surface area contributed by atoms with Crippen LogP contribution in [0.15, 0.2) is 23.2 Å². The number of hydrogen-bond acceptors (Lipinski definition) is 3. The van der Waals surface area contributed by atoms with Crippen molar-refractivity contribution < 1.29 is 0 Å². The van der Waals surface area contributed by atoms with Crippen molar-refractivity contribution in [2.45, 2.75) is 51.1 Å². The summed E-state index contributed by atoms with van der Waals surface area (Å²) in [6, 6.07) is 0. The summed E-state index contributed by atoms with van der Waals surface area (Å²) in [4.78, 5) is 8.58. The van der Waals surface area contributed by atoms with E-state index in [2.05, 4.69) is 42.5 Å². The molecule has 2 aromatic rings. The highest BCUT2D eigenvalue weighted by molar-refractivity contribution is 9.10. The Hall–Kier alpha value is -0.940. The number of halogens is 1. The van der Waals surface area contributed by atoms with Crippen LogP contribution in [0.3, 0.4) is 0 Å². The summed E-state index contributed by atoms with van der Waals surface area (Å²) in [5.74, 6) is 0. The molecule has 1 saturated carbocycles. The van der Waals surface area contributed by atoms with Crippen LogP contribution >= 0.6 is 15.9 Å². The third-order valence-electron chi connectivity index (χ3n) is 4.09. The molecule has 0 radical (unpaired) electrons. The second kappa shape index (κ2) is 5.21. The quantitative estimate of drug-likeness (QED) is 0.942. The van der Waals surface area contributed by atoms with Crippen molar-refractivity contribution >= 4 is 21.6 Å². The smallest absolute Gasteiger partial charge is 0.155 e. The van der Waals surface area contributed by atoms with Crippen molar-refractivity contribution in [3.8, 4) is 0 Å². The molecule has 0 amide bonds. The summed E-state index contributed by atoms with van der Waals surface area (Å²) >= 11 is 3.41. The minimum atomic E-state index is 0.284. The molecule has 2 aromatic heterocycles. The summed E-state index contributed by atoms with van der Waals surface area (Å²) in [5.41, 5.74) is 2.37. The van der Waals surface area contributed by atoms with E-state index in [0.29, 0.717) is 0 Å². The average molecular weight is 323 g/mol. The predicted octanol–water partition coefficient (Wildman–Crippen LogP) is 3.30. The molecule has 1 fully saturated rings. The Morgan fingerprint density at radius 1 is 1.26 bits per heavy atom. The molecule has 1 aliphatic carbocycles. The van der Waals surface area contributed by atoms with Crippen LogP contribution < -0.4 is 5.32 Å². The van der Waals surface area contributed by atoms with E-state index in [1.54, 1.807) is 6.20 Å². The predicted molar refractivity (Wildman–Crippen MR) is 79.0 cm³/mol. The van der Waals surface area contributed by atoms with Gasteiger partial charge in [-0.1, -0.05) is 19.3 Å². The summed E-state index contributed by atoms with van der Waals surface area (Å²) in [6.45, 7) is 3.20. The number of nitrogens with zero attached hydrogens (tertiary/aromatic N) is 3. The average Bonchev–Trinajstić information content (AvgIpc) is 2.80. The maximum atomic E-state index is 4.39. The molecule has 19 heavy (non-hydrogen) atoms. The van der Waals surface area contributed by atoms with Gasteiger partial charge in [0.15, 0.2) is 5.65 Å². The van der Waals surface area contributed by atoms with Gasteiger partial charge in [-0.2, -0.15) is 0 Å². The summed E-state index contributed by atoms with van der Waals surface area (Å²) in [5, 5.41) is 3.72. The minimum absolute atomic E-state index is 0.284. The number of fused-ring (bicyclic) bond motifs is 1. The maximum absolute atomic E-state index is 4.39. The van der Waals surface area contributed by atoms with Gasteiger partial charge in [0.25, 0.3) is 0 Å². The molecule has 0 bridgehead atoms. The standard InChI is InChI=1S/C14H19BrN4/c1-14(5-3-2-4-6-14)18-8-11-7-17-13-9-16-12(15)10-19(11)13/h7,9-10,18H,2-6,8H2,1H3. The van der Waals surface area contributed by atoms with Crippen LogP contribution in [0.5, 0.6) is 0 Å². The fourth-order valence-corrected chi connectivity index (χ4v) is 3.17. The van der Waals surface area contributed by atoms with Gasteiger partial charge in [0.05, 0.1) is 18.1 Å². The van der Waals surface area contributed by atoms with Crippen molar-refractivity contribution in [1.82, 2.24) is 19.7 Å². The summed E-state index contributed by atoms with van der Waals surface area (Å²) in [6.07, 6.45) is 12.3. The van der Waals surface area contributed by atoms with Gasteiger partial charge in [-0.3, -0.25) is 4.40 Å². The van der Waals surface area contributed by atoms with Gasteiger partial charge >= 0.3 is 0 Å². The van der Waals surface area contributed by atoms with Gasteiger partial charge in [-0.15, -0.1) is 0 Å². The van der Waals surface area contributed by atoms with E-state index >= 15 is 0 Å². The first-order valence-electron chi connectivity index (χ1n) is 6.89. The number of rotatable bonds is 3. The Morgan fingerprint density at radius 3 is 2.84 bits per heavy atom. The molecule has 3 rings (SSSR count). The van der Waals surface area contributed by atoms with E-state index in [0.717, 1.165) is 16.8 Å². The van der Waals surface area contributed by atoms with Crippen molar-refractivity contribution in [2.75, 3.05) is 0 Å². The zero-order valence-corrected chi connectivity index (χ0v) is 12.8. The highest BCUT2D eigenvalue weighted by Crippen LogP contribution is 2.27. The van der Waals surface area contributed by atoms with Gasteiger partial charge in [0.2, 0.25) is 0 Å². The van der Waals surface area contributed by atoms with Gasteiger partial charge < -0.3 is 5.32 Å². The minimum Gasteiger partial charge on any atom is -0.306 e. The maximum Gasteiger partial charge on any atom is 0.155 e. The monoisotopic (exact) mass is 322 g/mol. The Morgan fingerprint density at radius 2 is 2.05 bits per heavy atom. The SMILES string of the molecule is CC1(NCc2cnc3cnc(Br)cn23)CCCCC1. The molecule has 5 heteroatoms. The molecule has 0 aromatic carbocycles. The van der Waals surface area contributed by atoms with Crippen LogP contribution in [0.25, 0.3) is 5.65 Å².